The van der Waals surface area contributed by atoms with E-state index in [4.69, 9.17) is 9.47 Å². The average molecular weight is 407 g/mol. The molecule has 0 atom stereocenters. The average Bonchev–Trinajstić information content (AvgIpc) is 2.64. The Bertz CT molecular complexity index is 1020. The molecule has 10 heteroatoms. The highest BCUT2D eigenvalue weighted by molar-refractivity contribution is 7.89. The van der Waals surface area contributed by atoms with Crippen molar-refractivity contribution in [1.29, 1.82) is 0 Å². The zero-order valence-electron chi connectivity index (χ0n) is 15.9. The van der Waals surface area contributed by atoms with Crippen LogP contribution < -0.4 is 14.3 Å². The van der Waals surface area contributed by atoms with Crippen LogP contribution >= 0.6 is 0 Å². The predicted octanol–water partition coefficient (Wildman–Crippen LogP) is 2.93. The maximum Gasteiger partial charge on any atom is 0.315 e. The van der Waals surface area contributed by atoms with Gasteiger partial charge >= 0.3 is 5.69 Å². The number of nitrogens with one attached hydrogen (secondary N) is 1. The zero-order chi connectivity index (χ0) is 20.9. The summed E-state index contributed by atoms with van der Waals surface area (Å²) in [6.45, 7) is 5.60. The number of ether oxygens (including phenoxy) is 2. The van der Waals surface area contributed by atoms with Crippen LogP contribution in [-0.4, -0.2) is 33.3 Å². The molecule has 0 unspecified atom stereocenters. The Morgan fingerprint density at radius 3 is 2.50 bits per heavy atom. The number of sulfonamides is 1. The van der Waals surface area contributed by atoms with Crippen LogP contribution in [0.4, 0.5) is 5.69 Å². The third kappa shape index (κ3) is 4.77. The first-order chi connectivity index (χ1) is 13.2. The van der Waals surface area contributed by atoms with Crippen LogP contribution in [0.1, 0.15) is 23.6 Å². The van der Waals surface area contributed by atoms with Gasteiger partial charge in [0.15, 0.2) is 5.75 Å². The number of rotatable bonds is 8. The van der Waals surface area contributed by atoms with Crippen molar-refractivity contribution in [3.8, 4) is 11.5 Å². The molecule has 2 aromatic carbocycles. The summed E-state index contributed by atoms with van der Waals surface area (Å²) >= 11 is 0. The van der Waals surface area contributed by atoms with Gasteiger partial charge in [-0.2, -0.15) is 13.5 Å². The van der Waals surface area contributed by atoms with Crippen LogP contribution in [0.2, 0.25) is 0 Å². The minimum atomic E-state index is -3.87. The maximum atomic E-state index is 12.3. The van der Waals surface area contributed by atoms with Crippen LogP contribution in [0, 0.1) is 24.0 Å². The first kappa shape index (κ1) is 21.2. The lowest BCUT2D eigenvalue weighted by Crippen LogP contribution is -2.18. The van der Waals surface area contributed by atoms with Crippen molar-refractivity contribution in [3.05, 3.63) is 57.1 Å². The molecule has 0 fully saturated rings. The van der Waals surface area contributed by atoms with Gasteiger partial charge < -0.3 is 9.47 Å². The molecule has 0 bridgehead atoms. The monoisotopic (exact) mass is 407 g/mol. The van der Waals surface area contributed by atoms with Crippen LogP contribution in [0.15, 0.2) is 40.3 Å². The number of aryl methyl sites for hydroxylation is 2. The summed E-state index contributed by atoms with van der Waals surface area (Å²) in [7, 11) is -2.51. The summed E-state index contributed by atoms with van der Waals surface area (Å²) in [5.74, 6) is 0.150. The molecule has 0 heterocycles. The van der Waals surface area contributed by atoms with Crippen molar-refractivity contribution in [1.82, 2.24) is 4.83 Å². The van der Waals surface area contributed by atoms with Gasteiger partial charge in [0.05, 0.1) is 29.8 Å². The maximum absolute atomic E-state index is 12.3. The summed E-state index contributed by atoms with van der Waals surface area (Å²) in [6, 6.07) is 7.41. The van der Waals surface area contributed by atoms with E-state index in [0.717, 1.165) is 17.3 Å². The molecule has 0 aliphatic carbocycles. The number of methoxy groups -OCH3 is 1. The number of nitro benzene ring substituents is 1. The van der Waals surface area contributed by atoms with E-state index >= 15 is 0 Å². The van der Waals surface area contributed by atoms with Crippen molar-refractivity contribution >= 4 is 21.9 Å². The second-order valence-corrected chi connectivity index (χ2v) is 7.52. The predicted molar refractivity (Wildman–Crippen MR) is 105 cm³/mol. The SMILES string of the molecule is CCOc1c(OC)cc(/C=N/NS(=O)(=O)c2ccc(C)c(C)c2)cc1[N+](=O)[O-]. The number of hydrogen-bond donors (Lipinski definition) is 1. The lowest BCUT2D eigenvalue weighted by Gasteiger charge is -2.10. The molecule has 0 amide bonds. The lowest BCUT2D eigenvalue weighted by molar-refractivity contribution is -0.385. The van der Waals surface area contributed by atoms with E-state index in [9.17, 15) is 18.5 Å². The fraction of sp³-hybridized carbons (Fsp3) is 0.278. The van der Waals surface area contributed by atoms with E-state index in [1.165, 1.54) is 31.4 Å². The minimum Gasteiger partial charge on any atom is -0.493 e. The Labute approximate surface area is 163 Å². The molecule has 28 heavy (non-hydrogen) atoms. The van der Waals surface area contributed by atoms with Gasteiger partial charge in [0, 0.05) is 11.6 Å². The molecular weight excluding hydrogens is 386 g/mol. The Morgan fingerprint density at radius 2 is 1.93 bits per heavy atom. The summed E-state index contributed by atoms with van der Waals surface area (Å²) in [5.41, 5.74) is 1.77. The molecule has 0 aliphatic heterocycles. The van der Waals surface area contributed by atoms with Gasteiger partial charge in [-0.25, -0.2) is 4.83 Å². The topological polar surface area (TPSA) is 120 Å². The van der Waals surface area contributed by atoms with E-state index in [1.54, 1.807) is 13.0 Å². The highest BCUT2D eigenvalue weighted by Gasteiger charge is 2.22. The Kier molecular flexibility index (Phi) is 6.57. The summed E-state index contributed by atoms with van der Waals surface area (Å²) in [5, 5.41) is 15.0. The fourth-order valence-electron chi connectivity index (χ4n) is 2.36. The molecule has 0 spiro atoms. The largest absolute Gasteiger partial charge is 0.493 e. The van der Waals surface area contributed by atoms with Crippen molar-refractivity contribution < 1.29 is 22.8 Å². The van der Waals surface area contributed by atoms with Crippen LogP contribution in [-0.2, 0) is 10.0 Å². The third-order valence-electron chi connectivity index (χ3n) is 3.94. The molecule has 9 nitrogen and oxygen atoms in total. The van der Waals surface area contributed by atoms with Crippen molar-refractivity contribution in [2.24, 2.45) is 5.10 Å². The first-order valence-electron chi connectivity index (χ1n) is 8.31. The van der Waals surface area contributed by atoms with Crippen molar-refractivity contribution in [2.45, 2.75) is 25.7 Å². The molecule has 1 N–H and O–H groups in total. The molecular formula is C18H21N3O6S. The zero-order valence-corrected chi connectivity index (χ0v) is 16.7. The standard InChI is InChI=1S/C18H21N3O6S/c1-5-27-18-16(21(22)23)9-14(10-17(18)26-4)11-19-20-28(24,25)15-7-6-12(2)13(3)8-15/h6-11,20H,5H2,1-4H3/b19-11+. The van der Waals surface area contributed by atoms with Gasteiger partial charge in [0.1, 0.15) is 0 Å². The molecule has 0 aromatic heterocycles. The van der Waals surface area contributed by atoms with Crippen molar-refractivity contribution in [3.63, 3.8) is 0 Å². The molecule has 0 saturated heterocycles. The van der Waals surface area contributed by atoms with E-state index in [1.807, 2.05) is 13.8 Å². The molecule has 150 valence electrons. The van der Waals surface area contributed by atoms with E-state index < -0.39 is 14.9 Å². The number of nitro groups is 1. The van der Waals surface area contributed by atoms with Gasteiger partial charge in [-0.15, -0.1) is 0 Å². The Balaban J connectivity index is 2.31. The van der Waals surface area contributed by atoms with E-state index in [-0.39, 0.29) is 34.3 Å². The molecule has 0 saturated carbocycles. The summed E-state index contributed by atoms with van der Waals surface area (Å²) in [6.07, 6.45) is 1.16. The Hall–Kier alpha value is -3.14. The third-order valence-corrected chi connectivity index (χ3v) is 5.16. The smallest absolute Gasteiger partial charge is 0.315 e. The Morgan fingerprint density at radius 1 is 1.21 bits per heavy atom. The minimum absolute atomic E-state index is 0.00265. The number of hydrogen-bond acceptors (Lipinski definition) is 7. The lowest BCUT2D eigenvalue weighted by atomic mass is 10.1. The summed E-state index contributed by atoms with van der Waals surface area (Å²) in [4.78, 5) is 12.9. The van der Waals surface area contributed by atoms with Crippen LogP contribution in [0.5, 0.6) is 11.5 Å². The van der Waals surface area contributed by atoms with Gasteiger partial charge in [0.25, 0.3) is 10.0 Å². The fourth-order valence-corrected chi connectivity index (χ4v) is 3.24. The second kappa shape index (κ2) is 8.70. The van der Waals surface area contributed by atoms with Crippen LogP contribution in [0.25, 0.3) is 0 Å². The van der Waals surface area contributed by atoms with Gasteiger partial charge in [-0.1, -0.05) is 6.07 Å². The van der Waals surface area contributed by atoms with Gasteiger partial charge in [-0.05, 0) is 50.1 Å². The molecule has 0 radical (unpaired) electrons. The number of hydrazone groups is 1. The van der Waals surface area contributed by atoms with Crippen molar-refractivity contribution in [2.75, 3.05) is 13.7 Å². The van der Waals surface area contributed by atoms with E-state index in [0.29, 0.717) is 0 Å². The summed E-state index contributed by atoms with van der Waals surface area (Å²) < 4.78 is 35.1. The van der Waals surface area contributed by atoms with Gasteiger partial charge in [0.2, 0.25) is 5.75 Å². The quantitative estimate of drug-likeness (QED) is 0.408. The van der Waals surface area contributed by atoms with Gasteiger partial charge in [-0.3, -0.25) is 10.1 Å². The van der Waals surface area contributed by atoms with Crippen LogP contribution in [0.3, 0.4) is 0 Å². The number of benzene rings is 2. The highest BCUT2D eigenvalue weighted by Crippen LogP contribution is 2.37. The first-order valence-corrected chi connectivity index (χ1v) is 9.79. The van der Waals surface area contributed by atoms with E-state index in [2.05, 4.69) is 9.93 Å². The molecule has 2 rings (SSSR count). The highest BCUT2D eigenvalue weighted by atomic mass is 32.2. The molecule has 0 aliphatic rings. The normalized spacial score (nSPS) is 11.4. The number of nitrogens with zero attached hydrogens (tertiary/aromatic N) is 2. The second-order valence-electron chi connectivity index (χ2n) is 5.86. The molecule has 2 aromatic rings.